The van der Waals surface area contributed by atoms with Gasteiger partial charge in [0.15, 0.2) is 5.17 Å². The number of hydrogen-bond donors (Lipinski definition) is 1. The lowest BCUT2D eigenvalue weighted by atomic mass is 10.1. The Morgan fingerprint density at radius 1 is 1.00 bits per heavy atom. The predicted molar refractivity (Wildman–Crippen MR) is 134 cm³/mol. The molecule has 0 radical (unpaired) electrons. The fraction of sp³-hybridized carbons (Fsp3) is 0.0833. The Bertz CT molecular complexity index is 1160. The largest absolute Gasteiger partial charge is 0.506 e. The molecule has 1 heterocycles. The van der Waals surface area contributed by atoms with E-state index >= 15 is 0 Å². The van der Waals surface area contributed by atoms with Gasteiger partial charge in [0, 0.05) is 0 Å². The third-order valence-corrected chi connectivity index (χ3v) is 7.02. The summed E-state index contributed by atoms with van der Waals surface area (Å²) in [6.45, 7) is 2.00. The second-order valence-electron chi connectivity index (χ2n) is 6.94. The van der Waals surface area contributed by atoms with Crippen LogP contribution in [0.4, 0.5) is 5.69 Å². The second kappa shape index (κ2) is 9.42. The highest BCUT2D eigenvalue weighted by Gasteiger charge is 2.37. The molecule has 7 heteroatoms. The predicted octanol–water partition coefficient (Wildman–Crippen LogP) is 7.28. The Morgan fingerprint density at radius 3 is 2.19 bits per heavy atom. The second-order valence-corrected chi connectivity index (χ2v) is 9.65. The van der Waals surface area contributed by atoms with E-state index in [2.05, 4.69) is 31.9 Å². The number of carbonyl (C=O) groups excluding carboxylic acids is 1. The zero-order chi connectivity index (χ0) is 22.0. The topological polar surface area (TPSA) is 52.9 Å². The number of phenols is 1. The highest BCUT2D eigenvalue weighted by Crippen LogP contribution is 2.40. The minimum atomic E-state index is -0.173. The highest BCUT2D eigenvalue weighted by atomic mass is 79.9. The molecule has 1 aliphatic rings. The molecule has 1 saturated heterocycles. The SMILES string of the molecule is C[C@H](c1ccccc1)N1C(=O)/C(=C\c2cc(Br)c(O)c(Br)c2)SC1=Nc1ccccc1. The number of nitrogens with zero attached hydrogens (tertiary/aromatic N) is 2. The average molecular weight is 558 g/mol. The number of aromatic hydroxyl groups is 1. The van der Waals surface area contributed by atoms with Crippen molar-refractivity contribution in [3.8, 4) is 5.75 Å². The van der Waals surface area contributed by atoms with Gasteiger partial charge in [-0.25, -0.2) is 4.99 Å². The van der Waals surface area contributed by atoms with Gasteiger partial charge in [-0.2, -0.15) is 0 Å². The lowest BCUT2D eigenvalue weighted by Gasteiger charge is -2.24. The number of rotatable bonds is 4. The molecule has 0 aromatic heterocycles. The quantitative estimate of drug-likeness (QED) is 0.343. The van der Waals surface area contributed by atoms with Crippen LogP contribution < -0.4 is 0 Å². The van der Waals surface area contributed by atoms with Gasteiger partial charge in [-0.1, -0.05) is 48.5 Å². The molecule has 156 valence electrons. The number of hydrogen-bond acceptors (Lipinski definition) is 4. The van der Waals surface area contributed by atoms with Gasteiger partial charge in [0.1, 0.15) is 5.75 Å². The molecular weight excluding hydrogens is 540 g/mol. The number of halogens is 2. The standard InChI is InChI=1S/C24H18Br2N2O2S/c1-15(17-8-4-2-5-9-17)28-23(30)21(14-16-12-19(25)22(29)20(26)13-16)31-24(28)27-18-10-6-3-7-11-18/h2-15,29H,1H3/b21-14+,27-24?/t15-/m1/s1. The summed E-state index contributed by atoms with van der Waals surface area (Å²) < 4.78 is 1.11. The smallest absolute Gasteiger partial charge is 0.267 e. The van der Waals surface area contributed by atoms with Crippen molar-refractivity contribution in [1.82, 2.24) is 4.90 Å². The monoisotopic (exact) mass is 556 g/mol. The zero-order valence-electron chi connectivity index (χ0n) is 16.5. The van der Waals surface area contributed by atoms with E-state index in [9.17, 15) is 9.90 Å². The van der Waals surface area contributed by atoms with E-state index in [1.165, 1.54) is 11.8 Å². The number of amides is 1. The van der Waals surface area contributed by atoms with Crippen LogP contribution in [-0.2, 0) is 4.79 Å². The Balaban J connectivity index is 1.76. The Labute approximate surface area is 202 Å². The minimum absolute atomic E-state index is 0.101. The van der Waals surface area contributed by atoms with Crippen LogP contribution in [0, 0.1) is 0 Å². The molecule has 3 aromatic carbocycles. The fourth-order valence-corrected chi connectivity index (χ4v) is 5.51. The van der Waals surface area contributed by atoms with Crippen LogP contribution in [0.1, 0.15) is 24.1 Å². The van der Waals surface area contributed by atoms with Crippen molar-refractivity contribution >= 4 is 66.5 Å². The Morgan fingerprint density at radius 2 is 1.58 bits per heavy atom. The maximum atomic E-state index is 13.4. The number of para-hydroxylation sites is 1. The van der Waals surface area contributed by atoms with Crippen LogP contribution in [0.2, 0.25) is 0 Å². The summed E-state index contributed by atoms with van der Waals surface area (Å²) in [4.78, 5) is 20.5. The molecule has 1 atom stereocenters. The van der Waals surface area contributed by atoms with Gasteiger partial charge >= 0.3 is 0 Å². The molecule has 0 spiro atoms. The van der Waals surface area contributed by atoms with Crippen LogP contribution in [0.5, 0.6) is 5.75 Å². The number of thioether (sulfide) groups is 1. The molecule has 4 nitrogen and oxygen atoms in total. The molecule has 0 unspecified atom stereocenters. The number of amidine groups is 1. The van der Waals surface area contributed by atoms with Gasteiger partial charge in [0.05, 0.1) is 25.6 Å². The summed E-state index contributed by atoms with van der Waals surface area (Å²) in [5, 5.41) is 10.6. The normalized spacial score (nSPS) is 17.5. The molecule has 1 N–H and O–H groups in total. The van der Waals surface area contributed by atoms with E-state index in [1.807, 2.05) is 73.7 Å². The van der Waals surface area contributed by atoms with Crippen LogP contribution in [0.3, 0.4) is 0 Å². The zero-order valence-corrected chi connectivity index (χ0v) is 20.5. The molecule has 1 amide bonds. The van der Waals surface area contributed by atoms with Crippen molar-refractivity contribution in [3.05, 3.63) is 97.8 Å². The van der Waals surface area contributed by atoms with E-state index in [4.69, 9.17) is 4.99 Å². The molecule has 0 aliphatic carbocycles. The van der Waals surface area contributed by atoms with Gasteiger partial charge in [-0.05, 0) is 92.0 Å². The van der Waals surface area contributed by atoms with Crippen molar-refractivity contribution in [2.24, 2.45) is 4.99 Å². The van der Waals surface area contributed by atoms with Gasteiger partial charge < -0.3 is 5.11 Å². The fourth-order valence-electron chi connectivity index (χ4n) is 3.22. The van der Waals surface area contributed by atoms with E-state index < -0.39 is 0 Å². The molecule has 3 aromatic rings. The summed E-state index contributed by atoms with van der Waals surface area (Å²) in [6, 6.07) is 22.9. The number of carbonyl (C=O) groups is 1. The van der Waals surface area contributed by atoms with Gasteiger partial charge in [0.25, 0.3) is 5.91 Å². The first-order chi connectivity index (χ1) is 14.9. The molecule has 0 bridgehead atoms. The van der Waals surface area contributed by atoms with Gasteiger partial charge in [-0.15, -0.1) is 0 Å². The maximum absolute atomic E-state index is 13.4. The van der Waals surface area contributed by atoms with Crippen molar-refractivity contribution in [3.63, 3.8) is 0 Å². The van der Waals surface area contributed by atoms with Gasteiger partial charge in [0.2, 0.25) is 0 Å². The van der Waals surface area contributed by atoms with Crippen LogP contribution in [0.15, 0.2) is 91.6 Å². The van der Waals surface area contributed by atoms with Crippen molar-refractivity contribution in [2.75, 3.05) is 0 Å². The Kier molecular flexibility index (Phi) is 6.65. The summed E-state index contributed by atoms with van der Waals surface area (Å²) in [7, 11) is 0. The van der Waals surface area contributed by atoms with Crippen molar-refractivity contribution in [2.45, 2.75) is 13.0 Å². The van der Waals surface area contributed by atoms with E-state index in [1.54, 1.807) is 17.0 Å². The van der Waals surface area contributed by atoms with Crippen LogP contribution in [-0.4, -0.2) is 21.1 Å². The average Bonchev–Trinajstić information content (AvgIpc) is 3.07. The highest BCUT2D eigenvalue weighted by molar-refractivity contribution is 9.11. The summed E-state index contributed by atoms with van der Waals surface area (Å²) in [5.41, 5.74) is 2.62. The molecule has 1 fully saturated rings. The molecule has 0 saturated carbocycles. The summed E-state index contributed by atoms with van der Waals surface area (Å²) >= 11 is 8.05. The maximum Gasteiger partial charge on any atom is 0.267 e. The molecule has 1 aliphatic heterocycles. The third kappa shape index (κ3) is 4.79. The first-order valence-corrected chi connectivity index (χ1v) is 11.9. The van der Waals surface area contributed by atoms with E-state index in [0.717, 1.165) is 16.8 Å². The third-order valence-electron chi connectivity index (χ3n) is 4.82. The first kappa shape index (κ1) is 21.9. The summed E-state index contributed by atoms with van der Waals surface area (Å²) in [5.74, 6) is 0.0227. The van der Waals surface area contributed by atoms with E-state index in [0.29, 0.717) is 19.0 Å². The van der Waals surface area contributed by atoms with Gasteiger partial charge in [-0.3, -0.25) is 9.69 Å². The molecule has 4 rings (SSSR count). The lowest BCUT2D eigenvalue weighted by molar-refractivity contribution is -0.123. The van der Waals surface area contributed by atoms with Crippen molar-refractivity contribution < 1.29 is 9.90 Å². The molecular formula is C24H18Br2N2O2S. The Hall–Kier alpha value is -2.35. The minimum Gasteiger partial charge on any atom is -0.506 e. The van der Waals surface area contributed by atoms with Crippen LogP contribution in [0.25, 0.3) is 6.08 Å². The number of benzene rings is 3. The van der Waals surface area contributed by atoms with Crippen molar-refractivity contribution in [1.29, 1.82) is 0 Å². The number of aliphatic imine (C=N–C) groups is 1. The number of phenolic OH excluding ortho intramolecular Hbond substituents is 1. The van der Waals surface area contributed by atoms with E-state index in [-0.39, 0.29) is 17.7 Å². The molecule has 31 heavy (non-hydrogen) atoms. The lowest BCUT2D eigenvalue weighted by Crippen LogP contribution is -2.32. The summed E-state index contributed by atoms with van der Waals surface area (Å²) in [6.07, 6.45) is 1.82. The first-order valence-electron chi connectivity index (χ1n) is 9.54. The van der Waals surface area contributed by atoms with Crippen LogP contribution >= 0.6 is 43.6 Å².